The number of benzene rings is 1. The molecule has 1 aromatic carbocycles. The zero-order chi connectivity index (χ0) is 12.1. The van der Waals surface area contributed by atoms with Crippen molar-refractivity contribution in [2.75, 3.05) is 18.1 Å². The zero-order valence-corrected chi connectivity index (χ0v) is 11.0. The van der Waals surface area contributed by atoms with Crippen molar-refractivity contribution in [2.24, 2.45) is 0 Å². The summed E-state index contributed by atoms with van der Waals surface area (Å²) in [7, 11) is 0. The van der Waals surface area contributed by atoms with E-state index in [1.165, 1.54) is 17.7 Å². The summed E-state index contributed by atoms with van der Waals surface area (Å²) in [6.45, 7) is 8.75. The highest BCUT2D eigenvalue weighted by Gasteiger charge is 2.48. The van der Waals surface area contributed by atoms with Crippen LogP contribution in [0.5, 0.6) is 0 Å². The predicted octanol–water partition coefficient (Wildman–Crippen LogP) is 3.31. The van der Waals surface area contributed by atoms with Crippen molar-refractivity contribution in [1.82, 2.24) is 0 Å². The fourth-order valence-corrected chi connectivity index (χ4v) is 3.15. The Balaban J connectivity index is 2.10. The lowest BCUT2D eigenvalue weighted by atomic mass is 9.93. The number of ether oxygens (including phenoxy) is 1. The molecule has 1 spiro atoms. The van der Waals surface area contributed by atoms with E-state index in [2.05, 4.69) is 49.9 Å². The first kappa shape index (κ1) is 11.1. The fourth-order valence-electron chi connectivity index (χ4n) is 3.15. The molecular formula is C15H21NO. The molecule has 17 heavy (non-hydrogen) atoms. The van der Waals surface area contributed by atoms with Gasteiger partial charge in [0.15, 0.2) is 0 Å². The van der Waals surface area contributed by atoms with E-state index < -0.39 is 0 Å². The molecule has 2 aliphatic heterocycles. The summed E-state index contributed by atoms with van der Waals surface area (Å²) in [6.07, 6.45) is 2.35. The molecule has 0 amide bonds. The lowest BCUT2D eigenvalue weighted by Gasteiger charge is -2.36. The molecule has 1 fully saturated rings. The second-order valence-electron chi connectivity index (χ2n) is 6.22. The number of anilines is 1. The Morgan fingerprint density at radius 3 is 2.65 bits per heavy atom. The van der Waals surface area contributed by atoms with Crippen molar-refractivity contribution >= 4 is 5.69 Å². The lowest BCUT2D eigenvalue weighted by molar-refractivity contribution is 0.0123. The minimum atomic E-state index is -0.0239. The minimum Gasteiger partial charge on any atom is -0.368 e. The molecule has 1 aromatic rings. The van der Waals surface area contributed by atoms with Gasteiger partial charge in [-0.3, -0.25) is 0 Å². The first-order chi connectivity index (χ1) is 8.03. The molecule has 0 N–H and O–H groups in total. The van der Waals surface area contributed by atoms with Gasteiger partial charge in [-0.15, -0.1) is 0 Å². The van der Waals surface area contributed by atoms with Gasteiger partial charge in [-0.25, -0.2) is 0 Å². The van der Waals surface area contributed by atoms with E-state index in [1.54, 1.807) is 0 Å². The largest absolute Gasteiger partial charge is 0.368 e. The van der Waals surface area contributed by atoms with Crippen LogP contribution < -0.4 is 4.90 Å². The van der Waals surface area contributed by atoms with Crippen LogP contribution in [0.3, 0.4) is 0 Å². The molecule has 1 saturated heterocycles. The monoisotopic (exact) mass is 231 g/mol. The predicted molar refractivity (Wildman–Crippen MR) is 70.4 cm³/mol. The van der Waals surface area contributed by atoms with Gasteiger partial charge < -0.3 is 9.64 Å². The average Bonchev–Trinajstić information content (AvgIpc) is 2.86. The SMILES string of the molecule is CC(C)(C)N1CC2(CCCO2)c2ccccc21. The summed E-state index contributed by atoms with van der Waals surface area (Å²) in [4.78, 5) is 2.49. The molecule has 0 aliphatic carbocycles. The number of fused-ring (bicyclic) bond motifs is 2. The maximum absolute atomic E-state index is 6.11. The Labute approximate surface area is 104 Å². The molecule has 0 saturated carbocycles. The Kier molecular flexibility index (Phi) is 2.27. The van der Waals surface area contributed by atoms with Gasteiger partial charge in [0.1, 0.15) is 5.60 Å². The van der Waals surface area contributed by atoms with E-state index >= 15 is 0 Å². The average molecular weight is 231 g/mol. The summed E-state index contributed by atoms with van der Waals surface area (Å²) < 4.78 is 6.11. The summed E-state index contributed by atoms with van der Waals surface area (Å²) in [5.41, 5.74) is 2.89. The van der Waals surface area contributed by atoms with Crippen LogP contribution in [0.4, 0.5) is 5.69 Å². The maximum atomic E-state index is 6.11. The number of hydrogen-bond acceptors (Lipinski definition) is 2. The number of rotatable bonds is 0. The third-order valence-electron chi connectivity index (χ3n) is 4.01. The Bertz CT molecular complexity index is 427. The molecule has 92 valence electrons. The standard InChI is InChI=1S/C15H21NO/c1-14(2,3)16-11-15(9-6-10-17-15)12-7-4-5-8-13(12)16/h4-5,7-8H,6,9-11H2,1-3H3. The van der Waals surface area contributed by atoms with Crippen molar-refractivity contribution in [3.63, 3.8) is 0 Å². The first-order valence-corrected chi connectivity index (χ1v) is 6.54. The molecule has 0 aromatic heterocycles. The zero-order valence-electron chi connectivity index (χ0n) is 11.0. The van der Waals surface area contributed by atoms with E-state index in [0.717, 1.165) is 19.6 Å². The highest BCUT2D eigenvalue weighted by atomic mass is 16.5. The molecule has 2 heterocycles. The van der Waals surface area contributed by atoms with E-state index in [9.17, 15) is 0 Å². The fraction of sp³-hybridized carbons (Fsp3) is 0.600. The van der Waals surface area contributed by atoms with Gasteiger partial charge in [0.25, 0.3) is 0 Å². The minimum absolute atomic E-state index is 0.0239. The second-order valence-corrected chi connectivity index (χ2v) is 6.22. The van der Waals surface area contributed by atoms with Gasteiger partial charge in [-0.2, -0.15) is 0 Å². The quantitative estimate of drug-likeness (QED) is 0.679. The molecule has 2 aliphatic rings. The molecule has 1 atom stereocenters. The number of para-hydroxylation sites is 1. The summed E-state index contributed by atoms with van der Waals surface area (Å²) in [5.74, 6) is 0. The van der Waals surface area contributed by atoms with Gasteiger partial charge in [0.05, 0.1) is 6.54 Å². The van der Waals surface area contributed by atoms with Crippen molar-refractivity contribution in [2.45, 2.75) is 44.8 Å². The number of hydrogen-bond donors (Lipinski definition) is 0. The van der Waals surface area contributed by atoms with Crippen LogP contribution in [0.2, 0.25) is 0 Å². The topological polar surface area (TPSA) is 12.5 Å². The molecule has 0 radical (unpaired) electrons. The third-order valence-corrected chi connectivity index (χ3v) is 4.01. The van der Waals surface area contributed by atoms with E-state index in [1.807, 2.05) is 0 Å². The van der Waals surface area contributed by atoms with E-state index in [4.69, 9.17) is 4.74 Å². The smallest absolute Gasteiger partial charge is 0.113 e. The van der Waals surface area contributed by atoms with Crippen LogP contribution in [0.1, 0.15) is 39.2 Å². The summed E-state index contributed by atoms with van der Waals surface area (Å²) >= 11 is 0. The van der Waals surface area contributed by atoms with Crippen LogP contribution in [-0.2, 0) is 10.3 Å². The highest BCUT2D eigenvalue weighted by Crippen LogP contribution is 2.49. The molecule has 3 rings (SSSR count). The maximum Gasteiger partial charge on any atom is 0.113 e. The molecule has 2 heteroatoms. The van der Waals surface area contributed by atoms with Crippen molar-refractivity contribution in [3.05, 3.63) is 29.8 Å². The van der Waals surface area contributed by atoms with Crippen LogP contribution in [0, 0.1) is 0 Å². The Morgan fingerprint density at radius 1 is 1.24 bits per heavy atom. The van der Waals surface area contributed by atoms with Gasteiger partial charge in [-0.05, 0) is 39.7 Å². The summed E-state index contributed by atoms with van der Waals surface area (Å²) in [5, 5.41) is 0. The van der Waals surface area contributed by atoms with Crippen LogP contribution >= 0.6 is 0 Å². The van der Waals surface area contributed by atoms with Crippen molar-refractivity contribution in [3.8, 4) is 0 Å². The van der Waals surface area contributed by atoms with Crippen LogP contribution in [-0.4, -0.2) is 18.7 Å². The number of nitrogens with zero attached hydrogens (tertiary/aromatic N) is 1. The molecule has 2 nitrogen and oxygen atoms in total. The normalized spacial score (nSPS) is 27.8. The van der Waals surface area contributed by atoms with Gasteiger partial charge in [0, 0.05) is 23.4 Å². The van der Waals surface area contributed by atoms with Gasteiger partial charge in [-0.1, -0.05) is 18.2 Å². The van der Waals surface area contributed by atoms with Gasteiger partial charge >= 0.3 is 0 Å². The molecular weight excluding hydrogens is 210 g/mol. The van der Waals surface area contributed by atoms with Crippen LogP contribution in [0.25, 0.3) is 0 Å². The summed E-state index contributed by atoms with van der Waals surface area (Å²) in [6, 6.07) is 8.74. The Morgan fingerprint density at radius 2 is 2.00 bits per heavy atom. The van der Waals surface area contributed by atoms with E-state index in [0.29, 0.717) is 0 Å². The van der Waals surface area contributed by atoms with Crippen LogP contribution in [0.15, 0.2) is 24.3 Å². The Hall–Kier alpha value is -1.02. The van der Waals surface area contributed by atoms with E-state index in [-0.39, 0.29) is 11.1 Å². The van der Waals surface area contributed by atoms with Gasteiger partial charge in [0.2, 0.25) is 0 Å². The highest BCUT2D eigenvalue weighted by molar-refractivity contribution is 5.63. The van der Waals surface area contributed by atoms with Crippen molar-refractivity contribution in [1.29, 1.82) is 0 Å². The second kappa shape index (κ2) is 3.49. The third kappa shape index (κ3) is 1.58. The first-order valence-electron chi connectivity index (χ1n) is 6.54. The van der Waals surface area contributed by atoms with Crippen molar-refractivity contribution < 1.29 is 4.74 Å². The molecule has 1 unspecified atom stereocenters. The molecule has 0 bridgehead atoms. The lowest BCUT2D eigenvalue weighted by Crippen LogP contribution is -2.44.